The van der Waals surface area contributed by atoms with Crippen molar-refractivity contribution in [3.8, 4) is 0 Å². The van der Waals surface area contributed by atoms with Crippen molar-refractivity contribution >= 4 is 40.5 Å². The summed E-state index contributed by atoms with van der Waals surface area (Å²) in [6.45, 7) is -0.0737. The Balaban J connectivity index is 1.93. The zero-order valence-electron chi connectivity index (χ0n) is 10.6. The minimum atomic E-state index is -0.709. The lowest BCUT2D eigenvalue weighted by atomic mass is 10.3. The molecule has 7 heteroatoms. The number of anilines is 2. The minimum Gasteiger partial charge on any atom is -0.376 e. The second kappa shape index (κ2) is 6.74. The van der Waals surface area contributed by atoms with E-state index in [4.69, 9.17) is 23.2 Å². The first kappa shape index (κ1) is 15.5. The van der Waals surface area contributed by atoms with Crippen molar-refractivity contribution in [2.24, 2.45) is 0 Å². The standard InChI is InChI=1S/C14H10Cl2F2N2O/c15-11-5-10(6-12(16)14(11)18)19-7-13(21)20-9-3-1-8(17)2-4-9/h1-6,19H,7H2,(H,20,21). The number of carbonyl (C=O) groups is 1. The zero-order valence-corrected chi connectivity index (χ0v) is 12.1. The van der Waals surface area contributed by atoms with E-state index < -0.39 is 5.82 Å². The third-order valence-electron chi connectivity index (χ3n) is 2.56. The number of amides is 1. The fourth-order valence-corrected chi connectivity index (χ4v) is 2.07. The van der Waals surface area contributed by atoms with Crippen LogP contribution >= 0.6 is 23.2 Å². The molecule has 2 aromatic rings. The molecule has 0 radical (unpaired) electrons. The van der Waals surface area contributed by atoms with Gasteiger partial charge in [-0.15, -0.1) is 0 Å². The number of nitrogens with one attached hydrogen (secondary N) is 2. The van der Waals surface area contributed by atoms with Gasteiger partial charge in [-0.25, -0.2) is 8.78 Å². The number of hydrogen-bond donors (Lipinski definition) is 2. The highest BCUT2D eigenvalue weighted by molar-refractivity contribution is 6.35. The molecule has 3 nitrogen and oxygen atoms in total. The molecule has 0 bridgehead atoms. The van der Waals surface area contributed by atoms with Gasteiger partial charge in [0.15, 0.2) is 5.82 Å². The van der Waals surface area contributed by atoms with Crippen molar-refractivity contribution in [3.05, 3.63) is 58.1 Å². The van der Waals surface area contributed by atoms with Crippen molar-refractivity contribution in [1.82, 2.24) is 0 Å². The van der Waals surface area contributed by atoms with Gasteiger partial charge >= 0.3 is 0 Å². The molecule has 0 heterocycles. The highest BCUT2D eigenvalue weighted by atomic mass is 35.5. The highest BCUT2D eigenvalue weighted by Crippen LogP contribution is 2.27. The Bertz CT molecular complexity index is 640. The Hall–Kier alpha value is -1.85. The topological polar surface area (TPSA) is 41.1 Å². The van der Waals surface area contributed by atoms with E-state index in [0.717, 1.165) is 0 Å². The van der Waals surface area contributed by atoms with Crippen LogP contribution in [0.15, 0.2) is 36.4 Å². The lowest BCUT2D eigenvalue weighted by molar-refractivity contribution is -0.114. The van der Waals surface area contributed by atoms with Gasteiger partial charge in [0.25, 0.3) is 0 Å². The summed E-state index contributed by atoms with van der Waals surface area (Å²) >= 11 is 11.3. The largest absolute Gasteiger partial charge is 0.376 e. The normalized spacial score (nSPS) is 10.3. The summed E-state index contributed by atoms with van der Waals surface area (Å²) in [5.41, 5.74) is 0.888. The third-order valence-corrected chi connectivity index (χ3v) is 3.11. The van der Waals surface area contributed by atoms with Crippen LogP contribution in [0.3, 0.4) is 0 Å². The average molecular weight is 331 g/mol. The molecule has 0 saturated carbocycles. The SMILES string of the molecule is O=C(CNc1cc(Cl)c(F)c(Cl)c1)Nc1ccc(F)cc1. The summed E-state index contributed by atoms with van der Waals surface area (Å²) in [5.74, 6) is -1.44. The second-order valence-corrected chi connectivity index (χ2v) is 4.98. The summed E-state index contributed by atoms with van der Waals surface area (Å²) in [6, 6.07) is 8.02. The van der Waals surface area contributed by atoms with Crippen molar-refractivity contribution < 1.29 is 13.6 Å². The average Bonchev–Trinajstić information content (AvgIpc) is 2.45. The van der Waals surface area contributed by atoms with E-state index in [0.29, 0.717) is 11.4 Å². The Morgan fingerprint density at radius 3 is 2.14 bits per heavy atom. The van der Waals surface area contributed by atoms with Crippen LogP contribution in [0, 0.1) is 11.6 Å². The Morgan fingerprint density at radius 2 is 1.57 bits per heavy atom. The zero-order chi connectivity index (χ0) is 15.4. The molecule has 1 amide bonds. The van der Waals surface area contributed by atoms with Gasteiger partial charge < -0.3 is 10.6 Å². The smallest absolute Gasteiger partial charge is 0.243 e. The Morgan fingerprint density at radius 1 is 1.00 bits per heavy atom. The Kier molecular flexibility index (Phi) is 4.98. The van der Waals surface area contributed by atoms with Crippen LogP contribution in [0.5, 0.6) is 0 Å². The molecule has 0 aliphatic carbocycles. The van der Waals surface area contributed by atoms with E-state index in [9.17, 15) is 13.6 Å². The third kappa shape index (κ3) is 4.31. The fraction of sp³-hybridized carbons (Fsp3) is 0.0714. The van der Waals surface area contributed by atoms with Crippen LogP contribution in [-0.2, 0) is 4.79 Å². The lowest BCUT2D eigenvalue weighted by Crippen LogP contribution is -2.21. The molecule has 2 rings (SSSR count). The quantitative estimate of drug-likeness (QED) is 0.819. The van der Waals surface area contributed by atoms with Crippen LogP contribution < -0.4 is 10.6 Å². The van der Waals surface area contributed by atoms with Crippen molar-refractivity contribution in [2.45, 2.75) is 0 Å². The fourth-order valence-electron chi connectivity index (χ4n) is 1.58. The number of benzene rings is 2. The molecule has 0 aliphatic heterocycles. The summed E-state index contributed by atoms with van der Waals surface area (Å²) in [7, 11) is 0. The highest BCUT2D eigenvalue weighted by Gasteiger charge is 2.08. The van der Waals surface area contributed by atoms with E-state index in [1.807, 2.05) is 0 Å². The molecule has 2 aromatic carbocycles. The van der Waals surface area contributed by atoms with Crippen molar-refractivity contribution in [3.63, 3.8) is 0 Å². The van der Waals surface area contributed by atoms with Gasteiger partial charge in [0.05, 0.1) is 16.6 Å². The van der Waals surface area contributed by atoms with Gasteiger partial charge in [0, 0.05) is 11.4 Å². The predicted molar refractivity (Wildman–Crippen MR) is 79.9 cm³/mol. The van der Waals surface area contributed by atoms with E-state index >= 15 is 0 Å². The van der Waals surface area contributed by atoms with E-state index in [1.54, 1.807) is 0 Å². The second-order valence-electron chi connectivity index (χ2n) is 4.16. The van der Waals surface area contributed by atoms with Gasteiger partial charge in [-0.2, -0.15) is 0 Å². The molecule has 110 valence electrons. The van der Waals surface area contributed by atoms with E-state index in [2.05, 4.69) is 10.6 Å². The van der Waals surface area contributed by atoms with Gasteiger partial charge in [-0.1, -0.05) is 23.2 Å². The van der Waals surface area contributed by atoms with E-state index in [-0.39, 0.29) is 28.3 Å². The van der Waals surface area contributed by atoms with E-state index in [1.165, 1.54) is 36.4 Å². The van der Waals surface area contributed by atoms with Crippen LogP contribution in [0.1, 0.15) is 0 Å². The molecule has 0 aromatic heterocycles. The molecular formula is C14H10Cl2F2N2O. The molecule has 2 N–H and O–H groups in total. The Labute approximate surface area is 129 Å². The number of hydrogen-bond acceptors (Lipinski definition) is 2. The molecule has 0 spiro atoms. The van der Waals surface area contributed by atoms with Gasteiger partial charge in [0.2, 0.25) is 5.91 Å². The van der Waals surface area contributed by atoms with Crippen molar-refractivity contribution in [1.29, 1.82) is 0 Å². The van der Waals surface area contributed by atoms with Crippen LogP contribution in [0.2, 0.25) is 10.0 Å². The number of rotatable bonds is 4. The first-order valence-corrected chi connectivity index (χ1v) is 6.65. The minimum absolute atomic E-state index is 0.0737. The summed E-state index contributed by atoms with van der Waals surface area (Å²) in [5, 5.41) is 5.06. The molecule has 0 saturated heterocycles. The summed E-state index contributed by atoms with van der Waals surface area (Å²) in [4.78, 5) is 11.7. The maximum absolute atomic E-state index is 13.2. The summed E-state index contributed by atoms with van der Waals surface area (Å²) in [6.07, 6.45) is 0. The number of halogens is 4. The first-order valence-electron chi connectivity index (χ1n) is 5.89. The van der Waals surface area contributed by atoms with Gasteiger partial charge in [0.1, 0.15) is 5.82 Å². The summed E-state index contributed by atoms with van der Waals surface area (Å²) < 4.78 is 25.9. The molecule has 0 unspecified atom stereocenters. The van der Waals surface area contributed by atoms with Crippen LogP contribution in [-0.4, -0.2) is 12.5 Å². The molecule has 21 heavy (non-hydrogen) atoms. The monoisotopic (exact) mass is 330 g/mol. The van der Waals surface area contributed by atoms with Crippen molar-refractivity contribution in [2.75, 3.05) is 17.2 Å². The maximum Gasteiger partial charge on any atom is 0.243 e. The molecular weight excluding hydrogens is 321 g/mol. The van der Waals surface area contributed by atoms with Crippen LogP contribution in [0.4, 0.5) is 20.2 Å². The molecule has 0 aliphatic rings. The lowest BCUT2D eigenvalue weighted by Gasteiger charge is -2.09. The van der Waals surface area contributed by atoms with Crippen LogP contribution in [0.25, 0.3) is 0 Å². The predicted octanol–water partition coefficient (Wildman–Crippen LogP) is 4.32. The maximum atomic E-state index is 13.2. The molecule has 0 fully saturated rings. The van der Waals surface area contributed by atoms with Gasteiger partial charge in [-0.3, -0.25) is 4.79 Å². The van der Waals surface area contributed by atoms with Gasteiger partial charge in [-0.05, 0) is 36.4 Å². The number of carbonyl (C=O) groups excluding carboxylic acids is 1. The first-order chi connectivity index (χ1) is 9.95. The molecule has 0 atom stereocenters.